The van der Waals surface area contributed by atoms with E-state index in [1.165, 1.54) is 0 Å². The maximum Gasteiger partial charge on any atom is 0.305 e. The normalized spacial score (nSPS) is 11.8. The van der Waals surface area contributed by atoms with Crippen LogP contribution in [0.15, 0.2) is 36.4 Å². The summed E-state index contributed by atoms with van der Waals surface area (Å²) < 4.78 is 10.5. The van der Waals surface area contributed by atoms with E-state index < -0.39 is 0 Å². The Hall–Kier alpha value is -2.33. The maximum absolute atomic E-state index is 12.5. The second kappa shape index (κ2) is 7.05. The maximum atomic E-state index is 12.5. The van der Waals surface area contributed by atoms with Gasteiger partial charge in [0.15, 0.2) is 5.78 Å². The Morgan fingerprint density at radius 1 is 1.12 bits per heavy atom. The van der Waals surface area contributed by atoms with Crippen LogP contribution in [-0.4, -0.2) is 25.0 Å². The van der Waals surface area contributed by atoms with Crippen LogP contribution < -0.4 is 4.74 Å². The summed E-state index contributed by atoms with van der Waals surface area (Å²) in [6.07, 6.45) is 0.846. The topological polar surface area (TPSA) is 52.6 Å². The molecule has 1 aliphatic rings. The summed E-state index contributed by atoms with van der Waals surface area (Å²) in [6.45, 7) is 2.51. The molecule has 0 fully saturated rings. The van der Waals surface area contributed by atoms with Crippen molar-refractivity contribution in [1.29, 1.82) is 0 Å². The van der Waals surface area contributed by atoms with Gasteiger partial charge in [-0.2, -0.15) is 0 Å². The molecule has 0 bridgehead atoms. The van der Waals surface area contributed by atoms with Crippen molar-refractivity contribution in [1.82, 2.24) is 0 Å². The van der Waals surface area contributed by atoms with E-state index in [1.807, 2.05) is 18.2 Å². The summed E-state index contributed by atoms with van der Waals surface area (Å²) in [4.78, 5) is 23.8. The predicted molar refractivity (Wildman–Crippen MR) is 91.7 cm³/mol. The number of ether oxygens (including phenoxy) is 2. The van der Waals surface area contributed by atoms with Crippen LogP contribution in [0.3, 0.4) is 0 Å². The summed E-state index contributed by atoms with van der Waals surface area (Å²) in [6, 6.07) is 10.8. The first kappa shape index (κ1) is 16.5. The van der Waals surface area contributed by atoms with Crippen molar-refractivity contribution in [3.63, 3.8) is 0 Å². The zero-order chi connectivity index (χ0) is 17.1. The van der Waals surface area contributed by atoms with Crippen LogP contribution in [0.4, 0.5) is 0 Å². The van der Waals surface area contributed by atoms with Gasteiger partial charge in [0, 0.05) is 23.1 Å². The number of benzene rings is 2. The number of fused-ring (bicyclic) bond motifs is 3. The molecule has 0 aromatic heterocycles. The average molecular weight is 345 g/mol. The second-order valence-corrected chi connectivity index (χ2v) is 5.87. The number of hydrogen-bond donors (Lipinski definition) is 0. The summed E-state index contributed by atoms with van der Waals surface area (Å²) in [5.41, 5.74) is 2.84. The summed E-state index contributed by atoms with van der Waals surface area (Å²) in [5.74, 6) is 0.252. The van der Waals surface area contributed by atoms with Crippen LogP contribution in [-0.2, 0) is 9.53 Å². The molecular formula is C19H17ClO4. The van der Waals surface area contributed by atoms with Gasteiger partial charge in [0.2, 0.25) is 0 Å². The molecule has 0 aliphatic heterocycles. The van der Waals surface area contributed by atoms with Gasteiger partial charge in [-0.3, -0.25) is 9.59 Å². The Labute approximate surface area is 145 Å². The van der Waals surface area contributed by atoms with E-state index in [4.69, 9.17) is 21.1 Å². The van der Waals surface area contributed by atoms with Crippen LogP contribution >= 0.6 is 11.6 Å². The minimum absolute atomic E-state index is 0.0422. The molecular weight excluding hydrogens is 328 g/mol. The lowest BCUT2D eigenvalue weighted by Gasteiger charge is -2.09. The van der Waals surface area contributed by atoms with Gasteiger partial charge < -0.3 is 9.47 Å². The third-order valence-corrected chi connectivity index (χ3v) is 4.15. The van der Waals surface area contributed by atoms with E-state index in [0.29, 0.717) is 48.0 Å². The van der Waals surface area contributed by atoms with Crippen molar-refractivity contribution in [2.24, 2.45) is 0 Å². The minimum atomic E-state index is -0.237. The molecule has 2 aromatic carbocycles. The standard InChI is InChI=1S/C19H17ClO4/c1-2-23-17(21)8-5-9-24-12-10-15-18(16(20)11-12)13-6-3-4-7-14(13)19(15)22/h3-4,6-7,10-11H,2,5,8-9H2,1H3. The first-order valence-corrected chi connectivity index (χ1v) is 8.25. The molecule has 0 radical (unpaired) electrons. The predicted octanol–water partition coefficient (Wildman–Crippen LogP) is 4.27. The SMILES string of the molecule is CCOC(=O)CCCOc1cc(Cl)c2c(c1)C(=O)c1ccccc1-2. The summed E-state index contributed by atoms with van der Waals surface area (Å²) >= 11 is 6.37. The van der Waals surface area contributed by atoms with E-state index in [9.17, 15) is 9.59 Å². The number of halogens is 1. The molecule has 2 aromatic rings. The van der Waals surface area contributed by atoms with E-state index in [2.05, 4.69) is 0 Å². The second-order valence-electron chi connectivity index (χ2n) is 5.46. The fourth-order valence-electron chi connectivity index (χ4n) is 2.80. The largest absolute Gasteiger partial charge is 0.494 e. The highest BCUT2D eigenvalue weighted by Gasteiger charge is 2.29. The van der Waals surface area contributed by atoms with Crippen molar-refractivity contribution in [2.45, 2.75) is 19.8 Å². The Kier molecular flexibility index (Phi) is 4.86. The minimum Gasteiger partial charge on any atom is -0.494 e. The zero-order valence-corrected chi connectivity index (χ0v) is 14.1. The van der Waals surface area contributed by atoms with E-state index >= 15 is 0 Å². The molecule has 0 spiro atoms. The number of ketones is 1. The van der Waals surface area contributed by atoms with Crippen LogP contribution in [0, 0.1) is 0 Å². The molecule has 0 N–H and O–H groups in total. The van der Waals surface area contributed by atoms with Crippen molar-refractivity contribution in [2.75, 3.05) is 13.2 Å². The third-order valence-electron chi connectivity index (χ3n) is 3.85. The van der Waals surface area contributed by atoms with E-state index in [0.717, 1.165) is 11.1 Å². The highest BCUT2D eigenvalue weighted by Crippen LogP contribution is 2.43. The van der Waals surface area contributed by atoms with Gasteiger partial charge >= 0.3 is 5.97 Å². The Morgan fingerprint density at radius 2 is 1.88 bits per heavy atom. The van der Waals surface area contributed by atoms with Crippen molar-refractivity contribution in [3.05, 3.63) is 52.5 Å². The van der Waals surface area contributed by atoms with Gasteiger partial charge in [0.05, 0.1) is 18.2 Å². The van der Waals surface area contributed by atoms with E-state index in [-0.39, 0.29) is 11.8 Å². The molecule has 1 aliphatic carbocycles. The summed E-state index contributed by atoms with van der Waals surface area (Å²) in [7, 11) is 0. The van der Waals surface area contributed by atoms with Crippen molar-refractivity contribution < 1.29 is 19.1 Å². The molecule has 3 rings (SSSR count). The molecule has 0 unspecified atom stereocenters. The highest BCUT2D eigenvalue weighted by molar-refractivity contribution is 6.37. The highest BCUT2D eigenvalue weighted by atomic mass is 35.5. The Balaban J connectivity index is 1.72. The number of carbonyl (C=O) groups excluding carboxylic acids is 2. The lowest BCUT2D eigenvalue weighted by molar-refractivity contribution is -0.143. The average Bonchev–Trinajstić information content (AvgIpc) is 2.86. The Bertz CT molecular complexity index is 798. The van der Waals surface area contributed by atoms with Gasteiger partial charge in [-0.1, -0.05) is 35.9 Å². The third kappa shape index (κ3) is 3.15. The number of rotatable bonds is 6. The molecule has 0 amide bonds. The fourth-order valence-corrected chi connectivity index (χ4v) is 3.11. The molecule has 0 atom stereocenters. The van der Waals surface area contributed by atoms with Gasteiger partial charge in [-0.05, 0) is 31.0 Å². The fraction of sp³-hybridized carbons (Fsp3) is 0.263. The molecule has 0 saturated carbocycles. The number of hydrogen-bond acceptors (Lipinski definition) is 4. The molecule has 4 nitrogen and oxygen atoms in total. The molecule has 0 heterocycles. The zero-order valence-electron chi connectivity index (χ0n) is 13.3. The number of carbonyl (C=O) groups is 2. The lowest BCUT2D eigenvalue weighted by atomic mass is 10.1. The van der Waals surface area contributed by atoms with Gasteiger partial charge in [-0.15, -0.1) is 0 Å². The molecule has 24 heavy (non-hydrogen) atoms. The summed E-state index contributed by atoms with van der Waals surface area (Å²) in [5, 5.41) is 0.492. The van der Waals surface area contributed by atoms with Gasteiger partial charge in [-0.25, -0.2) is 0 Å². The monoisotopic (exact) mass is 344 g/mol. The van der Waals surface area contributed by atoms with Crippen LogP contribution in [0.25, 0.3) is 11.1 Å². The van der Waals surface area contributed by atoms with Crippen molar-refractivity contribution >= 4 is 23.4 Å². The van der Waals surface area contributed by atoms with Crippen molar-refractivity contribution in [3.8, 4) is 16.9 Å². The van der Waals surface area contributed by atoms with E-state index in [1.54, 1.807) is 25.1 Å². The molecule has 5 heteroatoms. The molecule has 0 saturated heterocycles. The lowest BCUT2D eigenvalue weighted by Crippen LogP contribution is -2.07. The smallest absolute Gasteiger partial charge is 0.305 e. The van der Waals surface area contributed by atoms with Crippen LogP contribution in [0.1, 0.15) is 35.7 Å². The Morgan fingerprint density at radius 3 is 2.62 bits per heavy atom. The van der Waals surface area contributed by atoms with Crippen LogP contribution in [0.5, 0.6) is 5.75 Å². The first-order chi connectivity index (χ1) is 11.6. The van der Waals surface area contributed by atoms with Gasteiger partial charge in [0.1, 0.15) is 5.75 Å². The quantitative estimate of drug-likeness (QED) is 0.495. The van der Waals surface area contributed by atoms with Gasteiger partial charge in [0.25, 0.3) is 0 Å². The first-order valence-electron chi connectivity index (χ1n) is 7.88. The number of esters is 1. The molecule has 124 valence electrons. The van der Waals surface area contributed by atoms with Crippen LogP contribution in [0.2, 0.25) is 5.02 Å².